The maximum absolute atomic E-state index is 13.5. The van der Waals surface area contributed by atoms with Gasteiger partial charge in [-0.05, 0) is 29.8 Å². The Bertz CT molecular complexity index is 683. The van der Waals surface area contributed by atoms with Gasteiger partial charge in [-0.1, -0.05) is 29.8 Å². The summed E-state index contributed by atoms with van der Waals surface area (Å²) < 4.78 is 19.0. The number of hydrogen-bond donors (Lipinski definition) is 1. The number of carbonyl (C=O) groups is 1. The van der Waals surface area contributed by atoms with Gasteiger partial charge in [0.15, 0.2) is 0 Å². The first-order valence-electron chi connectivity index (χ1n) is 6.12. The molecule has 0 fully saturated rings. The number of hydrogen-bond acceptors (Lipinski definition) is 2. The van der Waals surface area contributed by atoms with Crippen molar-refractivity contribution in [3.63, 3.8) is 0 Å². The van der Waals surface area contributed by atoms with Crippen LogP contribution in [-0.4, -0.2) is 11.1 Å². The van der Waals surface area contributed by atoms with Crippen molar-refractivity contribution in [2.45, 2.75) is 6.61 Å². The lowest BCUT2D eigenvalue weighted by molar-refractivity contribution is -0.131. The number of carboxylic acid groups (broad SMARTS) is 1. The third kappa shape index (κ3) is 4.61. The van der Waals surface area contributed by atoms with Crippen molar-refractivity contribution in [1.29, 1.82) is 0 Å². The molecule has 5 heteroatoms. The third-order valence-electron chi connectivity index (χ3n) is 2.66. The first-order chi connectivity index (χ1) is 10.0. The van der Waals surface area contributed by atoms with Gasteiger partial charge < -0.3 is 9.84 Å². The van der Waals surface area contributed by atoms with Gasteiger partial charge in [0.05, 0.1) is 0 Å². The standard InChI is InChI=1S/C16H12ClFO3/c17-15-4-2-1-3-12(15)10-21-14-8-11(5-6-16(19)20)7-13(18)9-14/h1-9H,10H2,(H,19,20)/b6-5+. The number of ether oxygens (including phenoxy) is 1. The fraction of sp³-hybridized carbons (Fsp3) is 0.0625. The molecule has 3 nitrogen and oxygen atoms in total. The molecular formula is C16H12ClFO3. The van der Waals surface area contributed by atoms with E-state index in [1.807, 2.05) is 18.2 Å². The number of benzene rings is 2. The highest BCUT2D eigenvalue weighted by Gasteiger charge is 2.03. The molecule has 2 aromatic carbocycles. The molecule has 2 aromatic rings. The van der Waals surface area contributed by atoms with Gasteiger partial charge in [-0.3, -0.25) is 0 Å². The van der Waals surface area contributed by atoms with Crippen molar-refractivity contribution in [3.05, 3.63) is 70.5 Å². The molecule has 0 amide bonds. The molecule has 0 saturated carbocycles. The molecule has 108 valence electrons. The second-order valence-electron chi connectivity index (χ2n) is 4.27. The van der Waals surface area contributed by atoms with E-state index in [4.69, 9.17) is 21.4 Å². The van der Waals surface area contributed by atoms with Crippen LogP contribution >= 0.6 is 11.6 Å². The Kier molecular flexibility index (Phi) is 4.95. The Morgan fingerprint density at radius 1 is 1.29 bits per heavy atom. The molecule has 0 aliphatic carbocycles. The highest BCUT2D eigenvalue weighted by Crippen LogP contribution is 2.21. The zero-order chi connectivity index (χ0) is 15.2. The predicted octanol–water partition coefficient (Wildman–Crippen LogP) is 4.16. The smallest absolute Gasteiger partial charge is 0.328 e. The zero-order valence-electron chi connectivity index (χ0n) is 10.9. The molecule has 0 aromatic heterocycles. The summed E-state index contributed by atoms with van der Waals surface area (Å²) >= 11 is 6.01. The first kappa shape index (κ1) is 15.1. The summed E-state index contributed by atoms with van der Waals surface area (Å²) in [5.74, 6) is -1.30. The van der Waals surface area contributed by atoms with Gasteiger partial charge in [-0.15, -0.1) is 0 Å². The second kappa shape index (κ2) is 6.90. The van der Waals surface area contributed by atoms with Crippen LogP contribution in [0.25, 0.3) is 6.08 Å². The van der Waals surface area contributed by atoms with Gasteiger partial charge >= 0.3 is 5.97 Å². The minimum atomic E-state index is -1.10. The zero-order valence-corrected chi connectivity index (χ0v) is 11.7. The van der Waals surface area contributed by atoms with E-state index in [-0.39, 0.29) is 6.61 Å². The van der Waals surface area contributed by atoms with Crippen molar-refractivity contribution < 1.29 is 19.0 Å². The van der Waals surface area contributed by atoms with Gasteiger partial charge in [-0.25, -0.2) is 9.18 Å². The summed E-state index contributed by atoms with van der Waals surface area (Å²) in [4.78, 5) is 10.5. The number of rotatable bonds is 5. The SMILES string of the molecule is O=C(O)/C=C/c1cc(F)cc(OCc2ccccc2Cl)c1. The Morgan fingerprint density at radius 2 is 2.05 bits per heavy atom. The van der Waals surface area contributed by atoms with Crippen molar-refractivity contribution in [1.82, 2.24) is 0 Å². The lowest BCUT2D eigenvalue weighted by Crippen LogP contribution is -1.97. The maximum atomic E-state index is 13.5. The first-order valence-corrected chi connectivity index (χ1v) is 6.50. The molecule has 0 radical (unpaired) electrons. The molecule has 21 heavy (non-hydrogen) atoms. The highest BCUT2D eigenvalue weighted by molar-refractivity contribution is 6.31. The van der Waals surface area contributed by atoms with Crippen molar-refractivity contribution in [2.75, 3.05) is 0 Å². The Balaban J connectivity index is 2.13. The number of aliphatic carboxylic acids is 1. The summed E-state index contributed by atoms with van der Waals surface area (Å²) in [5.41, 5.74) is 1.19. The Morgan fingerprint density at radius 3 is 2.76 bits per heavy atom. The molecule has 0 aliphatic heterocycles. The van der Waals surface area contributed by atoms with Crippen LogP contribution in [0.4, 0.5) is 4.39 Å². The average molecular weight is 307 g/mol. The number of halogens is 2. The summed E-state index contributed by atoms with van der Waals surface area (Å²) in [6, 6.07) is 11.2. The minimum absolute atomic E-state index is 0.200. The van der Waals surface area contributed by atoms with Crippen molar-refractivity contribution >= 4 is 23.6 Å². The normalized spacial score (nSPS) is 10.8. The molecule has 2 rings (SSSR count). The average Bonchev–Trinajstić information content (AvgIpc) is 2.44. The molecule has 0 saturated heterocycles. The van der Waals surface area contributed by atoms with Crippen LogP contribution in [0, 0.1) is 5.82 Å². The van der Waals surface area contributed by atoms with Gasteiger partial charge in [0.1, 0.15) is 18.2 Å². The maximum Gasteiger partial charge on any atom is 0.328 e. The minimum Gasteiger partial charge on any atom is -0.489 e. The molecule has 1 N–H and O–H groups in total. The highest BCUT2D eigenvalue weighted by atomic mass is 35.5. The van der Waals surface area contributed by atoms with E-state index in [0.29, 0.717) is 16.3 Å². The van der Waals surface area contributed by atoms with Crippen LogP contribution in [0.15, 0.2) is 48.5 Å². The lowest BCUT2D eigenvalue weighted by Gasteiger charge is -2.08. The molecule has 0 aliphatic rings. The molecule has 0 bridgehead atoms. The van der Waals surface area contributed by atoms with Crippen LogP contribution in [0.3, 0.4) is 0 Å². The van der Waals surface area contributed by atoms with Crippen LogP contribution in [-0.2, 0) is 11.4 Å². The quantitative estimate of drug-likeness (QED) is 0.844. The molecule has 0 unspecified atom stereocenters. The van der Waals surface area contributed by atoms with E-state index < -0.39 is 11.8 Å². The lowest BCUT2D eigenvalue weighted by atomic mass is 10.2. The van der Waals surface area contributed by atoms with Crippen molar-refractivity contribution in [2.24, 2.45) is 0 Å². The second-order valence-corrected chi connectivity index (χ2v) is 4.68. The van der Waals surface area contributed by atoms with E-state index in [9.17, 15) is 9.18 Å². The topological polar surface area (TPSA) is 46.5 Å². The van der Waals surface area contributed by atoms with E-state index in [0.717, 1.165) is 11.6 Å². The fourth-order valence-corrected chi connectivity index (χ4v) is 1.90. The predicted molar refractivity (Wildman–Crippen MR) is 78.9 cm³/mol. The van der Waals surface area contributed by atoms with Crippen LogP contribution in [0.5, 0.6) is 5.75 Å². The van der Waals surface area contributed by atoms with Gasteiger partial charge in [0.25, 0.3) is 0 Å². The molecule has 0 spiro atoms. The summed E-state index contributed by atoms with van der Waals surface area (Å²) in [6.45, 7) is 0.200. The molecule has 0 atom stereocenters. The summed E-state index contributed by atoms with van der Waals surface area (Å²) in [6.07, 6.45) is 2.24. The van der Waals surface area contributed by atoms with Gasteiger partial charge in [0, 0.05) is 22.7 Å². The van der Waals surface area contributed by atoms with Crippen LogP contribution in [0.2, 0.25) is 5.02 Å². The van der Waals surface area contributed by atoms with E-state index in [2.05, 4.69) is 0 Å². The largest absolute Gasteiger partial charge is 0.489 e. The Labute approximate surface area is 126 Å². The Hall–Kier alpha value is -2.33. The fourth-order valence-electron chi connectivity index (χ4n) is 1.71. The summed E-state index contributed by atoms with van der Waals surface area (Å²) in [5, 5.41) is 9.14. The number of carboxylic acids is 1. The molecule has 0 heterocycles. The van der Waals surface area contributed by atoms with E-state index in [1.165, 1.54) is 18.2 Å². The molecular weight excluding hydrogens is 295 g/mol. The van der Waals surface area contributed by atoms with Crippen LogP contribution in [0.1, 0.15) is 11.1 Å². The van der Waals surface area contributed by atoms with E-state index >= 15 is 0 Å². The van der Waals surface area contributed by atoms with Crippen LogP contribution < -0.4 is 4.74 Å². The monoisotopic (exact) mass is 306 g/mol. The summed E-state index contributed by atoms with van der Waals surface area (Å²) in [7, 11) is 0. The van der Waals surface area contributed by atoms with Gasteiger partial charge in [0.2, 0.25) is 0 Å². The third-order valence-corrected chi connectivity index (χ3v) is 3.03. The van der Waals surface area contributed by atoms with Crippen molar-refractivity contribution in [3.8, 4) is 5.75 Å². The van der Waals surface area contributed by atoms with Gasteiger partial charge in [-0.2, -0.15) is 0 Å². The van der Waals surface area contributed by atoms with E-state index in [1.54, 1.807) is 12.1 Å².